The lowest BCUT2D eigenvalue weighted by molar-refractivity contribution is 0.172. The van der Waals surface area contributed by atoms with Gasteiger partial charge < -0.3 is 14.8 Å². The molecule has 0 aliphatic rings. The number of aryl methyl sites for hydroxylation is 2. The van der Waals surface area contributed by atoms with E-state index in [0.717, 1.165) is 11.3 Å². The van der Waals surface area contributed by atoms with Gasteiger partial charge in [0, 0.05) is 6.54 Å². The van der Waals surface area contributed by atoms with E-state index in [1.807, 2.05) is 12.1 Å². The van der Waals surface area contributed by atoms with Crippen LogP contribution in [0, 0.1) is 27.7 Å². The van der Waals surface area contributed by atoms with Crippen LogP contribution in [0.25, 0.3) is 0 Å². The molecule has 0 aliphatic heterocycles. The monoisotopic (exact) mass is 273 g/mol. The molecule has 0 saturated heterocycles. The lowest BCUT2D eigenvalue weighted by atomic mass is 9.91. The number of aliphatic hydroxyl groups is 1. The SMILES string of the molecule is Cc1cc(C)c(C)c(C(O)CNCc2ccco2)c1C. The van der Waals surface area contributed by atoms with Crippen molar-refractivity contribution < 1.29 is 9.52 Å². The Labute approximate surface area is 120 Å². The molecule has 0 bridgehead atoms. The Morgan fingerprint density at radius 3 is 2.35 bits per heavy atom. The van der Waals surface area contributed by atoms with E-state index in [9.17, 15) is 5.11 Å². The molecule has 3 nitrogen and oxygen atoms in total. The van der Waals surface area contributed by atoms with Crippen LogP contribution in [0.4, 0.5) is 0 Å². The molecule has 0 aliphatic carbocycles. The number of furan rings is 1. The van der Waals surface area contributed by atoms with Crippen LogP contribution >= 0.6 is 0 Å². The molecule has 1 aromatic heterocycles. The van der Waals surface area contributed by atoms with Gasteiger partial charge in [-0.15, -0.1) is 0 Å². The van der Waals surface area contributed by atoms with Gasteiger partial charge in [-0.1, -0.05) is 6.07 Å². The zero-order valence-corrected chi connectivity index (χ0v) is 12.7. The fourth-order valence-corrected chi connectivity index (χ4v) is 2.59. The first-order chi connectivity index (χ1) is 9.50. The van der Waals surface area contributed by atoms with E-state index in [-0.39, 0.29) is 0 Å². The molecule has 1 aromatic carbocycles. The second-order valence-electron chi connectivity index (χ2n) is 5.40. The van der Waals surface area contributed by atoms with Crippen molar-refractivity contribution in [3.05, 3.63) is 58.0 Å². The molecule has 108 valence electrons. The highest BCUT2D eigenvalue weighted by atomic mass is 16.3. The van der Waals surface area contributed by atoms with Crippen molar-refractivity contribution in [2.24, 2.45) is 0 Å². The van der Waals surface area contributed by atoms with Crippen LogP contribution in [0.1, 0.15) is 39.7 Å². The normalized spacial score (nSPS) is 12.7. The third-order valence-corrected chi connectivity index (χ3v) is 3.97. The number of hydrogen-bond donors (Lipinski definition) is 2. The van der Waals surface area contributed by atoms with Crippen LogP contribution in [0.3, 0.4) is 0 Å². The van der Waals surface area contributed by atoms with Crippen molar-refractivity contribution in [1.82, 2.24) is 5.32 Å². The molecule has 0 saturated carbocycles. The summed E-state index contributed by atoms with van der Waals surface area (Å²) in [5.41, 5.74) is 5.87. The summed E-state index contributed by atoms with van der Waals surface area (Å²) in [6.07, 6.45) is 1.16. The van der Waals surface area contributed by atoms with Crippen molar-refractivity contribution in [3.63, 3.8) is 0 Å². The Balaban J connectivity index is 2.07. The number of nitrogens with one attached hydrogen (secondary N) is 1. The minimum atomic E-state index is -0.497. The molecule has 1 atom stereocenters. The Kier molecular flexibility index (Phi) is 4.63. The first-order valence-electron chi connectivity index (χ1n) is 6.99. The Hall–Kier alpha value is -1.58. The first-order valence-corrected chi connectivity index (χ1v) is 6.99. The minimum Gasteiger partial charge on any atom is -0.468 e. The van der Waals surface area contributed by atoms with Crippen molar-refractivity contribution in [2.45, 2.75) is 40.3 Å². The molecule has 0 amide bonds. The van der Waals surface area contributed by atoms with Crippen LogP contribution < -0.4 is 5.32 Å². The summed E-state index contributed by atoms with van der Waals surface area (Å²) in [5, 5.41) is 13.7. The Bertz CT molecular complexity index is 547. The van der Waals surface area contributed by atoms with Gasteiger partial charge in [0.25, 0.3) is 0 Å². The number of rotatable bonds is 5. The number of benzene rings is 1. The predicted octanol–water partition coefficient (Wildman–Crippen LogP) is 3.34. The molecule has 3 heteroatoms. The van der Waals surface area contributed by atoms with Crippen LogP contribution in [-0.2, 0) is 6.54 Å². The largest absolute Gasteiger partial charge is 0.468 e. The van der Waals surface area contributed by atoms with Gasteiger partial charge in [-0.05, 0) is 67.6 Å². The maximum atomic E-state index is 10.5. The topological polar surface area (TPSA) is 45.4 Å². The van der Waals surface area contributed by atoms with Gasteiger partial charge in [-0.25, -0.2) is 0 Å². The van der Waals surface area contributed by atoms with Crippen molar-refractivity contribution in [2.75, 3.05) is 6.54 Å². The molecule has 20 heavy (non-hydrogen) atoms. The van der Waals surface area contributed by atoms with Gasteiger partial charge in [-0.3, -0.25) is 0 Å². The van der Waals surface area contributed by atoms with E-state index >= 15 is 0 Å². The highest BCUT2D eigenvalue weighted by Gasteiger charge is 2.16. The van der Waals surface area contributed by atoms with E-state index in [1.165, 1.54) is 22.3 Å². The fourth-order valence-electron chi connectivity index (χ4n) is 2.59. The third kappa shape index (κ3) is 3.11. The summed E-state index contributed by atoms with van der Waals surface area (Å²) < 4.78 is 5.26. The average Bonchev–Trinajstić information content (AvgIpc) is 2.90. The zero-order chi connectivity index (χ0) is 14.7. The Morgan fingerprint density at radius 2 is 1.80 bits per heavy atom. The van der Waals surface area contributed by atoms with Crippen LogP contribution in [0.2, 0.25) is 0 Å². The summed E-state index contributed by atoms with van der Waals surface area (Å²) >= 11 is 0. The van der Waals surface area contributed by atoms with Gasteiger partial charge in [0.1, 0.15) is 5.76 Å². The summed E-state index contributed by atoms with van der Waals surface area (Å²) in [5.74, 6) is 0.881. The Morgan fingerprint density at radius 1 is 1.15 bits per heavy atom. The van der Waals surface area contributed by atoms with E-state index in [0.29, 0.717) is 13.1 Å². The molecule has 0 radical (unpaired) electrons. The van der Waals surface area contributed by atoms with Gasteiger partial charge >= 0.3 is 0 Å². The smallest absolute Gasteiger partial charge is 0.117 e. The summed E-state index contributed by atoms with van der Waals surface area (Å²) in [6.45, 7) is 9.49. The van der Waals surface area contributed by atoms with Gasteiger partial charge in [-0.2, -0.15) is 0 Å². The van der Waals surface area contributed by atoms with Crippen molar-refractivity contribution >= 4 is 0 Å². The molecule has 0 spiro atoms. The highest BCUT2D eigenvalue weighted by molar-refractivity contribution is 5.45. The van der Waals surface area contributed by atoms with Crippen LogP contribution in [-0.4, -0.2) is 11.7 Å². The van der Waals surface area contributed by atoms with Crippen molar-refractivity contribution in [1.29, 1.82) is 0 Å². The van der Waals surface area contributed by atoms with Gasteiger partial charge in [0.05, 0.1) is 18.9 Å². The second-order valence-corrected chi connectivity index (χ2v) is 5.40. The number of aliphatic hydroxyl groups excluding tert-OH is 1. The number of hydrogen-bond acceptors (Lipinski definition) is 3. The van der Waals surface area contributed by atoms with Gasteiger partial charge in [0.15, 0.2) is 0 Å². The van der Waals surface area contributed by atoms with Crippen molar-refractivity contribution in [3.8, 4) is 0 Å². The van der Waals surface area contributed by atoms with Gasteiger partial charge in [0.2, 0.25) is 0 Å². The molecular formula is C17H23NO2. The molecule has 2 aromatic rings. The van der Waals surface area contributed by atoms with E-state index in [4.69, 9.17) is 4.42 Å². The standard InChI is InChI=1S/C17H23NO2/c1-11-8-12(2)14(4)17(13(11)3)16(19)10-18-9-15-6-5-7-20-15/h5-8,16,18-19H,9-10H2,1-4H3. The molecule has 1 heterocycles. The third-order valence-electron chi connectivity index (χ3n) is 3.97. The molecule has 0 fully saturated rings. The summed E-state index contributed by atoms with van der Waals surface area (Å²) in [4.78, 5) is 0. The van der Waals surface area contributed by atoms with E-state index in [2.05, 4.69) is 39.1 Å². The molecule has 2 N–H and O–H groups in total. The zero-order valence-electron chi connectivity index (χ0n) is 12.7. The summed E-state index contributed by atoms with van der Waals surface area (Å²) in [7, 11) is 0. The lowest BCUT2D eigenvalue weighted by Crippen LogP contribution is -2.22. The highest BCUT2D eigenvalue weighted by Crippen LogP contribution is 2.27. The average molecular weight is 273 g/mol. The maximum Gasteiger partial charge on any atom is 0.117 e. The second kappa shape index (κ2) is 6.25. The maximum absolute atomic E-state index is 10.5. The summed E-state index contributed by atoms with van der Waals surface area (Å²) in [6, 6.07) is 5.97. The quantitative estimate of drug-likeness (QED) is 0.878. The van der Waals surface area contributed by atoms with E-state index < -0.39 is 6.10 Å². The van der Waals surface area contributed by atoms with Crippen LogP contribution in [0.15, 0.2) is 28.9 Å². The van der Waals surface area contributed by atoms with Crippen LogP contribution in [0.5, 0.6) is 0 Å². The minimum absolute atomic E-state index is 0.497. The fraction of sp³-hybridized carbons (Fsp3) is 0.412. The lowest BCUT2D eigenvalue weighted by Gasteiger charge is -2.20. The predicted molar refractivity (Wildman–Crippen MR) is 80.8 cm³/mol. The first kappa shape index (κ1) is 14.8. The van der Waals surface area contributed by atoms with E-state index in [1.54, 1.807) is 6.26 Å². The molecular weight excluding hydrogens is 250 g/mol. The molecule has 1 unspecified atom stereocenters. The molecule has 2 rings (SSSR count).